The number of carbonyl (C=O) groups is 2. The van der Waals surface area contributed by atoms with Crippen LogP contribution >= 0.6 is 11.8 Å². The van der Waals surface area contributed by atoms with Gasteiger partial charge < -0.3 is 15.1 Å². The Bertz CT molecular complexity index is 627. The molecule has 2 atom stereocenters. The van der Waals surface area contributed by atoms with Gasteiger partial charge in [-0.25, -0.2) is 0 Å². The number of fused-ring (bicyclic) bond motifs is 1. The van der Waals surface area contributed by atoms with E-state index in [2.05, 4.69) is 18.3 Å². The smallest absolute Gasteiger partial charge is 0.282 e. The molecule has 0 saturated carbocycles. The summed E-state index contributed by atoms with van der Waals surface area (Å²) in [5.74, 6) is 0.0430. The lowest BCUT2D eigenvalue weighted by Gasteiger charge is -2.25. The maximum Gasteiger partial charge on any atom is 0.282 e. The summed E-state index contributed by atoms with van der Waals surface area (Å²) in [6.07, 6.45) is 0.967. The van der Waals surface area contributed by atoms with Gasteiger partial charge in [0.1, 0.15) is 0 Å². The second-order valence-corrected chi connectivity index (χ2v) is 9.32. The number of carbonyl (C=O) groups excluding carboxylic acids is 2. The van der Waals surface area contributed by atoms with Crippen molar-refractivity contribution >= 4 is 29.3 Å². The fourth-order valence-electron chi connectivity index (χ4n) is 2.90. The number of thioether (sulfide) groups is 1. The van der Waals surface area contributed by atoms with Gasteiger partial charge in [-0.15, -0.1) is 11.8 Å². The molecule has 1 aromatic rings. The second-order valence-electron chi connectivity index (χ2n) is 7.84. The van der Waals surface area contributed by atoms with E-state index in [0.717, 1.165) is 28.4 Å². The molecular weight excluding hydrogens is 334 g/mol. The molecule has 6 heteroatoms. The zero-order valence-corrected chi connectivity index (χ0v) is 16.7. The molecule has 1 unspecified atom stereocenters. The molecule has 5 nitrogen and oxygen atoms in total. The van der Waals surface area contributed by atoms with Crippen molar-refractivity contribution < 1.29 is 14.5 Å². The van der Waals surface area contributed by atoms with Crippen molar-refractivity contribution in [2.24, 2.45) is 0 Å². The molecule has 2 rings (SSSR count). The SMILES string of the molecule is C[C@@H]1CCN(C(=O)C[NH+](C)CC(=O)NC(C)(C)C)c2ccccc2S1. The predicted octanol–water partition coefficient (Wildman–Crippen LogP) is 1.33. The van der Waals surface area contributed by atoms with Crippen molar-refractivity contribution in [2.45, 2.75) is 49.8 Å². The minimum atomic E-state index is -0.252. The van der Waals surface area contributed by atoms with Crippen LogP contribution in [0.25, 0.3) is 0 Å². The highest BCUT2D eigenvalue weighted by Crippen LogP contribution is 2.37. The summed E-state index contributed by atoms with van der Waals surface area (Å²) in [5, 5.41) is 3.43. The first-order valence-electron chi connectivity index (χ1n) is 8.84. The number of nitrogens with zero attached hydrogens (tertiary/aromatic N) is 1. The van der Waals surface area contributed by atoms with Crippen LogP contribution in [-0.4, -0.2) is 49.3 Å². The van der Waals surface area contributed by atoms with Crippen LogP contribution in [0.1, 0.15) is 34.1 Å². The number of para-hydroxylation sites is 1. The normalized spacial score (nSPS) is 18.9. The van der Waals surface area contributed by atoms with Gasteiger partial charge in [0.15, 0.2) is 13.1 Å². The molecule has 0 aliphatic carbocycles. The number of hydrogen-bond acceptors (Lipinski definition) is 3. The van der Waals surface area contributed by atoms with Crippen LogP contribution in [-0.2, 0) is 9.59 Å². The average Bonchev–Trinajstić information content (AvgIpc) is 2.62. The summed E-state index contributed by atoms with van der Waals surface area (Å²) in [6.45, 7) is 9.40. The van der Waals surface area contributed by atoms with Gasteiger partial charge in [-0.2, -0.15) is 0 Å². The van der Waals surface area contributed by atoms with Crippen LogP contribution in [0.4, 0.5) is 5.69 Å². The van der Waals surface area contributed by atoms with Crippen LogP contribution in [0, 0.1) is 0 Å². The predicted molar refractivity (Wildman–Crippen MR) is 103 cm³/mol. The molecule has 2 amide bonds. The van der Waals surface area contributed by atoms with Crippen LogP contribution in [0.5, 0.6) is 0 Å². The van der Waals surface area contributed by atoms with Crippen LogP contribution in [0.15, 0.2) is 29.2 Å². The van der Waals surface area contributed by atoms with Gasteiger partial charge in [0.05, 0.1) is 12.7 Å². The monoisotopic (exact) mass is 364 g/mol. The second kappa shape index (κ2) is 8.23. The third-order valence-electron chi connectivity index (χ3n) is 3.97. The van der Waals surface area contributed by atoms with Crippen LogP contribution < -0.4 is 15.1 Å². The zero-order valence-electron chi connectivity index (χ0n) is 15.9. The average molecular weight is 365 g/mol. The Labute approximate surface area is 155 Å². The van der Waals surface area contributed by atoms with Crippen molar-refractivity contribution in [1.82, 2.24) is 5.32 Å². The highest BCUT2D eigenvalue weighted by Gasteiger charge is 2.27. The van der Waals surface area contributed by atoms with Crippen molar-refractivity contribution in [2.75, 3.05) is 31.6 Å². The van der Waals surface area contributed by atoms with Crippen molar-refractivity contribution in [3.8, 4) is 0 Å². The number of quaternary nitrogens is 1. The van der Waals surface area contributed by atoms with E-state index in [4.69, 9.17) is 0 Å². The Morgan fingerprint density at radius 1 is 1.28 bits per heavy atom. The quantitative estimate of drug-likeness (QED) is 0.848. The molecule has 0 saturated heterocycles. The Balaban J connectivity index is 2.01. The number of likely N-dealkylation sites (N-methyl/N-ethyl adjacent to an activating group) is 1. The molecule has 2 N–H and O–H groups in total. The Morgan fingerprint density at radius 3 is 2.64 bits per heavy atom. The lowest BCUT2D eigenvalue weighted by molar-refractivity contribution is -0.862. The molecule has 1 heterocycles. The molecule has 0 fully saturated rings. The zero-order chi connectivity index (χ0) is 18.6. The van der Waals surface area contributed by atoms with Gasteiger partial charge in [0.25, 0.3) is 11.8 Å². The Kier molecular flexibility index (Phi) is 6.52. The number of rotatable bonds is 4. The largest absolute Gasteiger partial charge is 0.347 e. The maximum absolute atomic E-state index is 12.9. The summed E-state index contributed by atoms with van der Waals surface area (Å²) < 4.78 is 0. The fourth-order valence-corrected chi connectivity index (χ4v) is 4.01. The molecule has 1 aromatic carbocycles. The third kappa shape index (κ3) is 6.04. The molecule has 1 aliphatic rings. The summed E-state index contributed by atoms with van der Waals surface area (Å²) in [7, 11) is 1.89. The number of hydrogen-bond donors (Lipinski definition) is 2. The molecule has 138 valence electrons. The van der Waals surface area contributed by atoms with Crippen molar-refractivity contribution in [3.05, 3.63) is 24.3 Å². The topological polar surface area (TPSA) is 53.9 Å². The third-order valence-corrected chi connectivity index (χ3v) is 5.21. The van der Waals surface area contributed by atoms with Gasteiger partial charge in [0.2, 0.25) is 0 Å². The van der Waals surface area contributed by atoms with Gasteiger partial charge >= 0.3 is 0 Å². The van der Waals surface area contributed by atoms with Crippen molar-refractivity contribution in [1.29, 1.82) is 0 Å². The summed E-state index contributed by atoms with van der Waals surface area (Å²) in [6, 6.07) is 8.08. The van der Waals surface area contributed by atoms with E-state index in [1.54, 1.807) is 0 Å². The molecule has 25 heavy (non-hydrogen) atoms. The van der Waals surface area contributed by atoms with Gasteiger partial charge in [-0.3, -0.25) is 9.59 Å². The molecule has 0 bridgehead atoms. The number of anilines is 1. The lowest BCUT2D eigenvalue weighted by Crippen LogP contribution is -3.11. The summed E-state index contributed by atoms with van der Waals surface area (Å²) in [4.78, 5) is 28.9. The first-order valence-corrected chi connectivity index (χ1v) is 9.72. The molecule has 0 aromatic heterocycles. The van der Waals surface area contributed by atoms with Gasteiger partial charge in [0, 0.05) is 22.2 Å². The fraction of sp³-hybridized carbons (Fsp3) is 0.579. The summed E-state index contributed by atoms with van der Waals surface area (Å²) in [5.41, 5.74) is 0.743. The molecule has 0 spiro atoms. The minimum absolute atomic E-state index is 0.0294. The first kappa shape index (κ1) is 19.8. The van der Waals surface area contributed by atoms with Gasteiger partial charge in [-0.1, -0.05) is 19.1 Å². The highest BCUT2D eigenvalue weighted by atomic mass is 32.2. The number of nitrogens with one attached hydrogen (secondary N) is 2. The molecular formula is C19H30N3O2S+. The van der Waals surface area contributed by atoms with Crippen molar-refractivity contribution in [3.63, 3.8) is 0 Å². The van der Waals surface area contributed by atoms with E-state index >= 15 is 0 Å². The Hall–Kier alpha value is -1.53. The summed E-state index contributed by atoms with van der Waals surface area (Å²) >= 11 is 1.82. The lowest BCUT2D eigenvalue weighted by atomic mass is 10.1. The van der Waals surface area contributed by atoms with E-state index in [-0.39, 0.29) is 17.4 Å². The van der Waals surface area contributed by atoms with Crippen LogP contribution in [0.2, 0.25) is 0 Å². The number of amides is 2. The molecule has 1 aliphatic heterocycles. The standard InChI is InChI=1S/C19H29N3O2S/c1-14-10-11-22(15-8-6-7-9-16(15)25-14)18(24)13-21(5)12-17(23)20-19(2,3)4/h6-9,14H,10-13H2,1-5H3,(H,20,23)/p+1/t14-/m1/s1. The highest BCUT2D eigenvalue weighted by molar-refractivity contribution is 8.00. The number of benzene rings is 1. The maximum atomic E-state index is 12.9. The van der Waals surface area contributed by atoms with E-state index < -0.39 is 0 Å². The van der Waals surface area contributed by atoms with E-state index in [1.807, 2.05) is 62.7 Å². The molecule has 0 radical (unpaired) electrons. The van der Waals surface area contributed by atoms with E-state index in [1.165, 1.54) is 0 Å². The van der Waals surface area contributed by atoms with E-state index in [9.17, 15) is 9.59 Å². The first-order chi connectivity index (χ1) is 11.7. The van der Waals surface area contributed by atoms with Gasteiger partial charge in [-0.05, 0) is 39.3 Å². The Morgan fingerprint density at radius 2 is 1.96 bits per heavy atom. The minimum Gasteiger partial charge on any atom is -0.347 e. The van der Waals surface area contributed by atoms with Crippen LogP contribution in [0.3, 0.4) is 0 Å². The van der Waals surface area contributed by atoms with E-state index in [0.29, 0.717) is 18.3 Å².